The maximum Gasteiger partial charge on any atom is 0.272 e. The summed E-state index contributed by atoms with van der Waals surface area (Å²) in [6, 6.07) is 4.44. The maximum absolute atomic E-state index is 12.2. The Balaban J connectivity index is 2.11. The zero-order chi connectivity index (χ0) is 14.5. The zero-order valence-corrected chi connectivity index (χ0v) is 10.9. The zero-order valence-electron chi connectivity index (χ0n) is 10.9. The van der Waals surface area contributed by atoms with Gasteiger partial charge in [0.1, 0.15) is 20.2 Å². The lowest BCUT2D eigenvalue weighted by Crippen LogP contribution is -2.40. The predicted octanol–water partition coefficient (Wildman–Crippen LogP) is 0.597. The molecule has 1 saturated heterocycles. The van der Waals surface area contributed by atoms with E-state index in [0.29, 0.717) is 31.9 Å². The van der Waals surface area contributed by atoms with Crippen LogP contribution in [-0.2, 0) is 4.74 Å². The number of morpholine rings is 1. The molecule has 0 N–H and O–H groups in total. The first kappa shape index (κ1) is 14.8. The molecule has 4 nitrogen and oxygen atoms in total. The van der Waals surface area contributed by atoms with Crippen LogP contribution in [-0.4, -0.2) is 58.0 Å². The van der Waals surface area contributed by atoms with Gasteiger partial charge in [0, 0.05) is 18.7 Å². The van der Waals surface area contributed by atoms with Gasteiger partial charge in [-0.05, 0) is 12.1 Å². The van der Waals surface area contributed by atoms with Crippen LogP contribution in [0.4, 0.5) is 8.78 Å². The molecule has 106 valence electrons. The summed E-state index contributed by atoms with van der Waals surface area (Å²) < 4.78 is 34.4. The molecule has 1 aromatic carbocycles. The number of rotatable bonds is 4. The summed E-state index contributed by atoms with van der Waals surface area (Å²) >= 11 is 0. The largest absolute Gasteiger partial charge is 0.488 e. The number of nitrogens with zero attached hydrogens (tertiary/aromatic N) is 1. The number of halogens is 2. The number of hydrogen-bond acceptors (Lipinski definition) is 3. The Bertz CT molecular complexity index is 479. The van der Waals surface area contributed by atoms with E-state index in [2.05, 4.69) is 0 Å². The normalized spacial score (nSPS) is 15.4. The molecule has 0 spiro atoms. The van der Waals surface area contributed by atoms with Crippen LogP contribution in [0.2, 0.25) is 0 Å². The van der Waals surface area contributed by atoms with Crippen molar-refractivity contribution in [2.24, 2.45) is 0 Å². The van der Waals surface area contributed by atoms with Gasteiger partial charge in [0.2, 0.25) is 0 Å². The first-order chi connectivity index (χ1) is 9.58. The number of amides is 1. The third-order valence-corrected chi connectivity index (χ3v) is 2.92. The lowest BCUT2D eigenvalue weighted by atomic mass is 9.93. The lowest BCUT2D eigenvalue weighted by molar-refractivity contribution is 0.0302. The van der Waals surface area contributed by atoms with Gasteiger partial charge >= 0.3 is 0 Å². The van der Waals surface area contributed by atoms with Crippen LogP contribution >= 0.6 is 0 Å². The van der Waals surface area contributed by atoms with E-state index >= 15 is 0 Å². The number of benzene rings is 1. The van der Waals surface area contributed by atoms with Crippen molar-refractivity contribution in [2.75, 3.05) is 32.9 Å². The van der Waals surface area contributed by atoms with Crippen LogP contribution in [0.5, 0.6) is 5.75 Å². The van der Waals surface area contributed by atoms with E-state index in [4.69, 9.17) is 17.3 Å². The smallest absolute Gasteiger partial charge is 0.272 e. The van der Waals surface area contributed by atoms with Gasteiger partial charge in [0.25, 0.3) is 12.3 Å². The summed E-state index contributed by atoms with van der Waals surface area (Å²) in [5.41, 5.74) is 0.592. The molecule has 2 rings (SSSR count). The van der Waals surface area contributed by atoms with Crippen molar-refractivity contribution in [3.63, 3.8) is 0 Å². The van der Waals surface area contributed by atoms with E-state index in [-0.39, 0.29) is 17.1 Å². The molecule has 7 heteroatoms. The molecule has 0 aliphatic carbocycles. The van der Waals surface area contributed by atoms with Gasteiger partial charge in [-0.3, -0.25) is 4.79 Å². The Kier molecular flexibility index (Phi) is 4.95. The summed E-state index contributed by atoms with van der Waals surface area (Å²) in [4.78, 5) is 13.9. The minimum Gasteiger partial charge on any atom is -0.488 e. The molecule has 1 aromatic rings. The van der Waals surface area contributed by atoms with Crippen molar-refractivity contribution in [1.82, 2.24) is 4.90 Å². The second kappa shape index (κ2) is 6.70. The van der Waals surface area contributed by atoms with Gasteiger partial charge in [-0.15, -0.1) is 0 Å². The molecule has 0 unspecified atom stereocenters. The Hall–Kier alpha value is -1.63. The van der Waals surface area contributed by atoms with E-state index in [1.165, 1.54) is 12.1 Å². The standard InChI is InChI=1S/C13H14BF2NO3/c14-10-2-1-9(7-11(10)20-8-12(15)16)13(18)17-3-5-19-6-4-17/h1-2,7,12H,3-6,8H2. The quantitative estimate of drug-likeness (QED) is 0.758. The summed E-state index contributed by atoms with van der Waals surface area (Å²) in [6.07, 6.45) is -2.59. The van der Waals surface area contributed by atoms with Gasteiger partial charge < -0.3 is 14.4 Å². The molecule has 0 saturated carbocycles. The highest BCUT2D eigenvalue weighted by molar-refractivity contribution is 6.34. The summed E-state index contributed by atoms with van der Waals surface area (Å²) in [5, 5.41) is 0. The first-order valence-corrected chi connectivity index (χ1v) is 6.25. The highest BCUT2D eigenvalue weighted by Gasteiger charge is 2.19. The van der Waals surface area contributed by atoms with Gasteiger partial charge in [0.05, 0.1) is 13.2 Å². The fraction of sp³-hybridized carbons (Fsp3) is 0.462. The van der Waals surface area contributed by atoms with E-state index < -0.39 is 13.0 Å². The summed E-state index contributed by atoms with van der Waals surface area (Å²) in [6.45, 7) is 1.26. The van der Waals surface area contributed by atoms with Crippen molar-refractivity contribution >= 4 is 19.2 Å². The molecule has 1 heterocycles. The van der Waals surface area contributed by atoms with Crippen molar-refractivity contribution in [1.29, 1.82) is 0 Å². The molecule has 1 amide bonds. The molecule has 1 aliphatic heterocycles. The number of carbonyl (C=O) groups excluding carboxylic acids is 1. The molecular formula is C13H14BF2NO3. The average molecular weight is 281 g/mol. The first-order valence-electron chi connectivity index (χ1n) is 6.25. The van der Waals surface area contributed by atoms with E-state index in [1.807, 2.05) is 0 Å². The van der Waals surface area contributed by atoms with Crippen molar-refractivity contribution in [3.05, 3.63) is 23.8 Å². The van der Waals surface area contributed by atoms with Crippen molar-refractivity contribution in [2.45, 2.75) is 6.43 Å². The number of hydrogen-bond donors (Lipinski definition) is 0. The van der Waals surface area contributed by atoms with Crippen LogP contribution in [0.1, 0.15) is 10.4 Å². The third-order valence-electron chi connectivity index (χ3n) is 2.92. The second-order valence-corrected chi connectivity index (χ2v) is 4.36. The monoisotopic (exact) mass is 281 g/mol. The Labute approximate surface area is 117 Å². The van der Waals surface area contributed by atoms with Gasteiger partial charge in [0.15, 0.2) is 0 Å². The van der Waals surface area contributed by atoms with Crippen molar-refractivity contribution < 1.29 is 23.0 Å². The van der Waals surface area contributed by atoms with Gasteiger partial charge in [-0.25, -0.2) is 8.78 Å². The fourth-order valence-electron chi connectivity index (χ4n) is 1.89. The number of carbonyl (C=O) groups is 1. The minimum absolute atomic E-state index is 0.101. The predicted molar refractivity (Wildman–Crippen MR) is 70.1 cm³/mol. The van der Waals surface area contributed by atoms with Crippen LogP contribution in [0, 0.1) is 0 Å². The molecule has 2 radical (unpaired) electrons. The van der Waals surface area contributed by atoms with E-state index in [0.717, 1.165) is 0 Å². The van der Waals surface area contributed by atoms with Crippen LogP contribution in [0.15, 0.2) is 18.2 Å². The summed E-state index contributed by atoms with van der Waals surface area (Å²) in [7, 11) is 5.64. The highest BCUT2D eigenvalue weighted by atomic mass is 19.3. The second-order valence-electron chi connectivity index (χ2n) is 4.36. The van der Waals surface area contributed by atoms with E-state index in [1.54, 1.807) is 11.0 Å². The number of ether oxygens (including phenoxy) is 2. The number of alkyl halides is 2. The van der Waals surface area contributed by atoms with Gasteiger partial charge in [-0.2, -0.15) is 0 Å². The maximum atomic E-state index is 12.2. The van der Waals surface area contributed by atoms with Crippen LogP contribution in [0.25, 0.3) is 0 Å². The molecular weight excluding hydrogens is 267 g/mol. The van der Waals surface area contributed by atoms with Crippen LogP contribution in [0.3, 0.4) is 0 Å². The average Bonchev–Trinajstić information content (AvgIpc) is 2.46. The molecule has 1 fully saturated rings. The Morgan fingerprint density at radius 2 is 2.10 bits per heavy atom. The molecule has 0 atom stereocenters. The minimum atomic E-state index is -2.59. The summed E-state index contributed by atoms with van der Waals surface area (Å²) in [5.74, 6) is -0.0837. The topological polar surface area (TPSA) is 38.8 Å². The molecule has 20 heavy (non-hydrogen) atoms. The molecule has 0 bridgehead atoms. The lowest BCUT2D eigenvalue weighted by Gasteiger charge is -2.27. The van der Waals surface area contributed by atoms with Gasteiger partial charge in [-0.1, -0.05) is 11.5 Å². The Morgan fingerprint density at radius 1 is 1.40 bits per heavy atom. The highest BCUT2D eigenvalue weighted by Crippen LogP contribution is 2.14. The Morgan fingerprint density at radius 3 is 2.75 bits per heavy atom. The fourth-order valence-corrected chi connectivity index (χ4v) is 1.89. The van der Waals surface area contributed by atoms with E-state index in [9.17, 15) is 13.6 Å². The third kappa shape index (κ3) is 3.69. The van der Waals surface area contributed by atoms with Crippen molar-refractivity contribution in [3.8, 4) is 5.75 Å². The molecule has 1 aliphatic rings. The SMILES string of the molecule is [B]c1ccc(C(=O)N2CCOCC2)cc1OCC(F)F. The van der Waals surface area contributed by atoms with Crippen LogP contribution < -0.4 is 10.2 Å². The molecule has 0 aromatic heterocycles.